The van der Waals surface area contributed by atoms with Crippen LogP contribution in [0.5, 0.6) is 11.5 Å². The number of nitrogens with two attached hydrogens (primary N) is 1. The van der Waals surface area contributed by atoms with Crippen molar-refractivity contribution in [2.24, 2.45) is 5.73 Å². The predicted octanol–water partition coefficient (Wildman–Crippen LogP) is 5.88. The summed E-state index contributed by atoms with van der Waals surface area (Å²) in [6, 6.07) is 13.7. The fourth-order valence-electron chi connectivity index (χ4n) is 5.42. The van der Waals surface area contributed by atoms with Crippen molar-refractivity contribution in [1.82, 2.24) is 10.2 Å². The minimum atomic E-state index is -3.37. The number of piperidine rings is 1. The number of likely N-dealkylation sites (tertiary alicyclic amines) is 1. The highest BCUT2D eigenvalue weighted by molar-refractivity contribution is 7.92. The number of primary amides is 1. The molecule has 4 rings (SSSR count). The Morgan fingerprint density at radius 3 is 2.44 bits per heavy atom. The lowest BCUT2D eigenvalue weighted by molar-refractivity contribution is 0.0996. The highest BCUT2D eigenvalue weighted by Gasteiger charge is 2.29. The van der Waals surface area contributed by atoms with Crippen molar-refractivity contribution in [2.45, 2.75) is 64.6 Å². The first kappa shape index (κ1) is 33.7. The van der Waals surface area contributed by atoms with Gasteiger partial charge in [0.25, 0.3) is 5.91 Å². The van der Waals surface area contributed by atoms with Crippen LogP contribution >= 0.6 is 0 Å². The number of ether oxygens (including phenoxy) is 1. The van der Waals surface area contributed by atoms with E-state index in [1.165, 1.54) is 0 Å². The molecule has 1 aliphatic heterocycles. The molecule has 3 aromatic carbocycles. The predicted molar refractivity (Wildman–Crippen MR) is 170 cm³/mol. The average molecular weight is 644 g/mol. The Kier molecular flexibility index (Phi) is 11.0. The van der Waals surface area contributed by atoms with Gasteiger partial charge in [-0.2, -0.15) is 0 Å². The number of urea groups is 1. The highest BCUT2D eigenvalue weighted by Crippen LogP contribution is 2.29. The number of halogens is 2. The third-order valence-corrected chi connectivity index (χ3v) is 8.26. The van der Waals surface area contributed by atoms with Gasteiger partial charge in [-0.25, -0.2) is 22.0 Å². The second-order valence-electron chi connectivity index (χ2n) is 11.4. The third-order valence-electron chi connectivity index (χ3n) is 7.65. The van der Waals surface area contributed by atoms with Gasteiger partial charge < -0.3 is 21.1 Å². The fraction of sp³-hybridized carbons (Fsp3) is 0.375. The van der Waals surface area contributed by atoms with Crippen LogP contribution < -0.4 is 25.8 Å². The molecule has 3 amide bonds. The summed E-state index contributed by atoms with van der Waals surface area (Å²) in [5.74, 6) is -1.88. The Bertz CT molecular complexity index is 1640. The lowest BCUT2D eigenvalue weighted by Crippen LogP contribution is -2.50. The Labute approximate surface area is 262 Å². The molecule has 2 unspecified atom stereocenters. The van der Waals surface area contributed by atoms with Crippen molar-refractivity contribution in [2.75, 3.05) is 22.8 Å². The van der Waals surface area contributed by atoms with Crippen molar-refractivity contribution in [3.05, 3.63) is 82.9 Å². The fourth-order valence-corrected chi connectivity index (χ4v) is 5.98. The quantitative estimate of drug-likeness (QED) is 0.194. The SMILES string of the molecule is CCCCC1CC(NC(=O)Nc2cc(C(N)=O)c(F)cc2F)CCN1Cc1ccc(Oc2ccc(NS(C)(=O)=O)cc2C)cc1. The normalized spacial score (nSPS) is 17.0. The molecule has 0 aliphatic carbocycles. The molecule has 0 spiro atoms. The summed E-state index contributed by atoms with van der Waals surface area (Å²) < 4.78 is 59.5. The van der Waals surface area contributed by atoms with Crippen molar-refractivity contribution in [3.8, 4) is 11.5 Å². The van der Waals surface area contributed by atoms with Crippen LogP contribution in [0.4, 0.5) is 25.0 Å². The zero-order valence-electron chi connectivity index (χ0n) is 25.5. The van der Waals surface area contributed by atoms with Crippen LogP contribution in [-0.4, -0.2) is 50.1 Å². The van der Waals surface area contributed by atoms with Crippen LogP contribution in [0.25, 0.3) is 0 Å². The summed E-state index contributed by atoms with van der Waals surface area (Å²) in [5, 5.41) is 5.27. The number of sulfonamides is 1. The van der Waals surface area contributed by atoms with Crippen LogP contribution in [-0.2, 0) is 16.6 Å². The molecule has 13 heteroatoms. The first-order valence-electron chi connectivity index (χ1n) is 14.8. The summed E-state index contributed by atoms with van der Waals surface area (Å²) in [6.07, 6.45) is 5.50. The first-order chi connectivity index (χ1) is 21.3. The van der Waals surface area contributed by atoms with Gasteiger partial charge in [-0.3, -0.25) is 14.4 Å². The first-order valence-corrected chi connectivity index (χ1v) is 16.7. The molecule has 5 N–H and O–H groups in total. The maximum Gasteiger partial charge on any atom is 0.319 e. The lowest BCUT2D eigenvalue weighted by atomic mass is 9.93. The number of hydrogen-bond donors (Lipinski definition) is 4. The number of rotatable bonds is 12. The number of aryl methyl sites for hydroxylation is 1. The number of hydrogen-bond acceptors (Lipinski definition) is 6. The van der Waals surface area contributed by atoms with E-state index in [9.17, 15) is 26.8 Å². The van der Waals surface area contributed by atoms with Gasteiger partial charge in [0, 0.05) is 36.9 Å². The number of anilines is 2. The zero-order valence-corrected chi connectivity index (χ0v) is 26.3. The number of nitrogens with one attached hydrogen (secondary N) is 3. The average Bonchev–Trinajstić information content (AvgIpc) is 2.96. The Morgan fingerprint density at radius 1 is 1.07 bits per heavy atom. The highest BCUT2D eigenvalue weighted by atomic mass is 32.2. The van der Waals surface area contributed by atoms with Crippen molar-refractivity contribution in [3.63, 3.8) is 0 Å². The molecule has 1 saturated heterocycles. The van der Waals surface area contributed by atoms with Gasteiger partial charge in [0.05, 0.1) is 17.5 Å². The summed E-state index contributed by atoms with van der Waals surface area (Å²) in [7, 11) is -3.37. The van der Waals surface area contributed by atoms with E-state index in [1.807, 2.05) is 31.2 Å². The smallest absolute Gasteiger partial charge is 0.319 e. The summed E-state index contributed by atoms with van der Waals surface area (Å²) >= 11 is 0. The second kappa shape index (κ2) is 14.7. The van der Waals surface area contributed by atoms with Crippen molar-refractivity contribution < 1.29 is 31.5 Å². The van der Waals surface area contributed by atoms with Gasteiger partial charge in [0.15, 0.2) is 0 Å². The molecular formula is C32H39F2N5O5S. The molecule has 3 aromatic rings. The van der Waals surface area contributed by atoms with E-state index < -0.39 is 39.2 Å². The molecule has 1 aliphatic rings. The van der Waals surface area contributed by atoms with E-state index >= 15 is 0 Å². The van der Waals surface area contributed by atoms with E-state index in [1.54, 1.807) is 18.2 Å². The van der Waals surface area contributed by atoms with Crippen LogP contribution in [0.2, 0.25) is 0 Å². The van der Waals surface area contributed by atoms with Crippen LogP contribution in [0.3, 0.4) is 0 Å². The molecule has 0 aromatic heterocycles. The number of unbranched alkanes of at least 4 members (excludes halogenated alkanes) is 1. The molecule has 10 nitrogen and oxygen atoms in total. The minimum Gasteiger partial charge on any atom is -0.457 e. The minimum absolute atomic E-state index is 0.153. The number of amides is 3. The Balaban J connectivity index is 1.35. The zero-order chi connectivity index (χ0) is 32.7. The summed E-state index contributed by atoms with van der Waals surface area (Å²) in [5.41, 5.74) is 6.67. The number of carbonyl (C=O) groups excluding carboxylic acids is 2. The van der Waals surface area contributed by atoms with Gasteiger partial charge in [0.1, 0.15) is 23.1 Å². The largest absolute Gasteiger partial charge is 0.457 e. The Morgan fingerprint density at radius 2 is 1.80 bits per heavy atom. The van der Waals surface area contributed by atoms with E-state index in [0.29, 0.717) is 36.1 Å². The molecule has 2 atom stereocenters. The molecular weight excluding hydrogens is 604 g/mol. The molecule has 0 saturated carbocycles. The van der Waals surface area contributed by atoms with Crippen molar-refractivity contribution in [1.29, 1.82) is 0 Å². The maximum absolute atomic E-state index is 14.2. The Hall–Kier alpha value is -4.23. The molecule has 242 valence electrons. The monoisotopic (exact) mass is 643 g/mol. The van der Waals surface area contributed by atoms with E-state index in [2.05, 4.69) is 27.2 Å². The van der Waals surface area contributed by atoms with Crippen LogP contribution in [0.1, 0.15) is 60.5 Å². The van der Waals surface area contributed by atoms with Gasteiger partial charge in [-0.05, 0) is 73.7 Å². The molecule has 0 bridgehead atoms. The van der Waals surface area contributed by atoms with Gasteiger partial charge in [-0.15, -0.1) is 0 Å². The number of carbonyl (C=O) groups is 2. The van der Waals surface area contributed by atoms with E-state index in [0.717, 1.165) is 55.8 Å². The van der Waals surface area contributed by atoms with E-state index in [4.69, 9.17) is 10.5 Å². The second-order valence-corrected chi connectivity index (χ2v) is 13.1. The molecule has 45 heavy (non-hydrogen) atoms. The molecule has 1 fully saturated rings. The van der Waals surface area contributed by atoms with Gasteiger partial charge >= 0.3 is 6.03 Å². The summed E-state index contributed by atoms with van der Waals surface area (Å²) in [4.78, 5) is 26.5. The molecule has 1 heterocycles. The van der Waals surface area contributed by atoms with Crippen LogP contribution in [0, 0.1) is 18.6 Å². The number of benzene rings is 3. The standard InChI is InChI=1S/C32H39F2N5O5S/c1-4-5-6-24-16-22(36-32(41)37-29-17-26(31(35)40)27(33)18-28(29)34)13-14-39(24)19-21-7-10-25(11-8-21)44-30-12-9-23(15-20(30)2)38-45(3,42)43/h7-12,15,17-18,22,24,38H,4-6,13-14,16,19H2,1-3H3,(H2,35,40)(H2,36,37,41). The van der Waals surface area contributed by atoms with E-state index in [-0.39, 0.29) is 17.8 Å². The summed E-state index contributed by atoms with van der Waals surface area (Å²) in [6.45, 7) is 5.43. The van der Waals surface area contributed by atoms with Gasteiger partial charge in [0.2, 0.25) is 10.0 Å². The topological polar surface area (TPSA) is 143 Å². The third kappa shape index (κ3) is 9.63. The maximum atomic E-state index is 14.2. The number of nitrogens with zero attached hydrogens (tertiary/aromatic N) is 1. The molecule has 0 radical (unpaired) electrons. The van der Waals surface area contributed by atoms with Gasteiger partial charge in [-0.1, -0.05) is 31.9 Å². The lowest BCUT2D eigenvalue weighted by Gasteiger charge is -2.40. The van der Waals surface area contributed by atoms with Crippen LogP contribution in [0.15, 0.2) is 54.6 Å². The van der Waals surface area contributed by atoms with Crippen molar-refractivity contribution >= 4 is 33.3 Å².